The summed E-state index contributed by atoms with van der Waals surface area (Å²) in [5, 5.41) is 2.65. The first kappa shape index (κ1) is 18.4. The molecule has 1 N–H and O–H groups in total. The summed E-state index contributed by atoms with van der Waals surface area (Å²) in [5.74, 6) is -0.950. The van der Waals surface area contributed by atoms with Gasteiger partial charge in [0, 0.05) is 17.7 Å². The van der Waals surface area contributed by atoms with Gasteiger partial charge in [0.05, 0.1) is 0 Å². The van der Waals surface area contributed by atoms with Crippen LogP contribution in [0.25, 0.3) is 0 Å². The molecule has 1 amide bonds. The molecule has 0 fully saturated rings. The molecule has 2 aromatic rings. The van der Waals surface area contributed by atoms with Gasteiger partial charge in [0.2, 0.25) is 0 Å². The van der Waals surface area contributed by atoms with Gasteiger partial charge in [-0.3, -0.25) is 14.4 Å². The van der Waals surface area contributed by atoms with Crippen molar-refractivity contribution in [3.8, 4) is 0 Å². The number of ether oxygens (including phenoxy) is 1. The lowest BCUT2D eigenvalue weighted by molar-refractivity contribution is -0.153. The van der Waals surface area contributed by atoms with Crippen molar-refractivity contribution in [3.63, 3.8) is 0 Å². The number of anilines is 1. The van der Waals surface area contributed by atoms with Crippen molar-refractivity contribution in [2.45, 2.75) is 32.8 Å². The van der Waals surface area contributed by atoms with Crippen LogP contribution in [0.5, 0.6) is 0 Å². The lowest BCUT2D eigenvalue weighted by Crippen LogP contribution is -2.30. The molecule has 0 bridgehead atoms. The van der Waals surface area contributed by atoms with E-state index in [2.05, 4.69) is 5.32 Å². The molecule has 130 valence electrons. The molecule has 0 unspecified atom stereocenters. The molecule has 0 radical (unpaired) electrons. The number of hydrogen-bond donors (Lipinski definition) is 1. The standard InChI is InChI=1S/C20H21NO4/c1-14(22)17-9-6-10-18(13-17)21-20(24)15(2)25-19(23)12-11-16-7-4-3-5-8-16/h3-10,13,15H,11-12H2,1-2H3,(H,21,24)/t15-/m0/s1. The molecule has 2 aromatic carbocycles. The Morgan fingerprint density at radius 2 is 1.76 bits per heavy atom. The summed E-state index contributed by atoms with van der Waals surface area (Å²) in [6, 6.07) is 16.2. The summed E-state index contributed by atoms with van der Waals surface area (Å²) >= 11 is 0. The van der Waals surface area contributed by atoms with Crippen LogP contribution >= 0.6 is 0 Å². The average Bonchev–Trinajstić information content (AvgIpc) is 2.61. The molecule has 0 saturated heterocycles. The fourth-order valence-electron chi connectivity index (χ4n) is 2.26. The van der Waals surface area contributed by atoms with E-state index in [1.807, 2.05) is 30.3 Å². The van der Waals surface area contributed by atoms with Gasteiger partial charge in [-0.25, -0.2) is 0 Å². The minimum atomic E-state index is -0.913. The molecule has 5 heteroatoms. The van der Waals surface area contributed by atoms with E-state index >= 15 is 0 Å². The molecule has 0 aliphatic carbocycles. The van der Waals surface area contributed by atoms with Crippen LogP contribution in [0, 0.1) is 0 Å². The zero-order chi connectivity index (χ0) is 18.2. The maximum absolute atomic E-state index is 12.1. The Kier molecular flexibility index (Phi) is 6.46. The topological polar surface area (TPSA) is 72.5 Å². The molecule has 25 heavy (non-hydrogen) atoms. The lowest BCUT2D eigenvalue weighted by Gasteiger charge is -2.14. The summed E-state index contributed by atoms with van der Waals surface area (Å²) in [6.07, 6.45) is -0.139. The maximum atomic E-state index is 12.1. The molecule has 0 aliphatic heterocycles. The van der Waals surface area contributed by atoms with E-state index in [4.69, 9.17) is 4.74 Å². The van der Waals surface area contributed by atoms with Crippen LogP contribution in [0.3, 0.4) is 0 Å². The van der Waals surface area contributed by atoms with Gasteiger partial charge in [-0.2, -0.15) is 0 Å². The third-order valence-electron chi connectivity index (χ3n) is 3.67. The highest BCUT2D eigenvalue weighted by Crippen LogP contribution is 2.12. The van der Waals surface area contributed by atoms with E-state index in [9.17, 15) is 14.4 Å². The quantitative estimate of drug-likeness (QED) is 0.620. The molecular weight excluding hydrogens is 318 g/mol. The fraction of sp³-hybridized carbons (Fsp3) is 0.250. The first-order valence-electron chi connectivity index (χ1n) is 8.11. The first-order chi connectivity index (χ1) is 12.0. The lowest BCUT2D eigenvalue weighted by atomic mass is 10.1. The SMILES string of the molecule is CC(=O)c1cccc(NC(=O)[C@H](C)OC(=O)CCc2ccccc2)c1. The zero-order valence-corrected chi connectivity index (χ0v) is 14.3. The van der Waals surface area contributed by atoms with Crippen molar-refractivity contribution in [1.82, 2.24) is 0 Å². The number of aryl methyl sites for hydroxylation is 1. The Hall–Kier alpha value is -2.95. The molecular formula is C20H21NO4. The Labute approximate surface area is 147 Å². The number of amides is 1. The van der Waals surface area contributed by atoms with Crippen molar-refractivity contribution in [1.29, 1.82) is 0 Å². The van der Waals surface area contributed by atoms with E-state index in [0.717, 1.165) is 5.56 Å². The Bertz CT molecular complexity index is 755. The third-order valence-corrected chi connectivity index (χ3v) is 3.67. The fourth-order valence-corrected chi connectivity index (χ4v) is 2.26. The molecule has 0 aromatic heterocycles. The number of carbonyl (C=O) groups excluding carboxylic acids is 3. The van der Waals surface area contributed by atoms with Gasteiger partial charge in [-0.15, -0.1) is 0 Å². The summed E-state index contributed by atoms with van der Waals surface area (Å²) in [6.45, 7) is 2.97. The highest BCUT2D eigenvalue weighted by molar-refractivity contribution is 5.98. The number of benzene rings is 2. The monoisotopic (exact) mass is 339 g/mol. The van der Waals surface area contributed by atoms with Crippen LogP contribution < -0.4 is 5.32 Å². The summed E-state index contributed by atoms with van der Waals surface area (Å²) in [7, 11) is 0. The Balaban J connectivity index is 1.84. The largest absolute Gasteiger partial charge is 0.453 e. The predicted molar refractivity (Wildman–Crippen MR) is 95.4 cm³/mol. The van der Waals surface area contributed by atoms with Gasteiger partial charge in [0.1, 0.15) is 0 Å². The predicted octanol–water partition coefficient (Wildman–Crippen LogP) is 3.39. The third kappa shape index (κ3) is 5.88. The van der Waals surface area contributed by atoms with E-state index in [0.29, 0.717) is 17.7 Å². The number of hydrogen-bond acceptors (Lipinski definition) is 4. The molecule has 0 aliphatic rings. The van der Waals surface area contributed by atoms with E-state index in [1.165, 1.54) is 13.8 Å². The van der Waals surface area contributed by atoms with E-state index < -0.39 is 18.0 Å². The number of esters is 1. The number of Topliss-reactive ketones (excluding diaryl/α,β-unsaturated/α-hetero) is 1. The van der Waals surface area contributed by atoms with E-state index in [-0.39, 0.29) is 12.2 Å². The van der Waals surface area contributed by atoms with E-state index in [1.54, 1.807) is 24.3 Å². The van der Waals surface area contributed by atoms with Gasteiger partial charge in [0.25, 0.3) is 5.91 Å². The average molecular weight is 339 g/mol. The second-order valence-electron chi connectivity index (χ2n) is 5.74. The molecule has 0 saturated carbocycles. The van der Waals surface area contributed by atoms with Crippen molar-refractivity contribution in [2.75, 3.05) is 5.32 Å². The smallest absolute Gasteiger partial charge is 0.306 e. The van der Waals surface area contributed by atoms with Gasteiger partial charge in [0.15, 0.2) is 11.9 Å². The number of nitrogens with one attached hydrogen (secondary N) is 1. The van der Waals surface area contributed by atoms with Gasteiger partial charge in [-0.05, 0) is 38.0 Å². The second kappa shape index (κ2) is 8.78. The first-order valence-corrected chi connectivity index (χ1v) is 8.11. The van der Waals surface area contributed by atoms with Crippen molar-refractivity contribution >= 4 is 23.3 Å². The van der Waals surface area contributed by atoms with Crippen molar-refractivity contribution < 1.29 is 19.1 Å². The van der Waals surface area contributed by atoms with Crippen LogP contribution in [-0.2, 0) is 20.7 Å². The molecule has 1 atom stereocenters. The Morgan fingerprint density at radius 1 is 1.04 bits per heavy atom. The second-order valence-corrected chi connectivity index (χ2v) is 5.74. The van der Waals surface area contributed by atoms with Crippen LogP contribution in [-0.4, -0.2) is 23.8 Å². The minimum absolute atomic E-state index is 0.0866. The molecule has 0 spiro atoms. The highest BCUT2D eigenvalue weighted by Gasteiger charge is 2.18. The summed E-state index contributed by atoms with van der Waals surface area (Å²) < 4.78 is 5.17. The van der Waals surface area contributed by atoms with Crippen LogP contribution in [0.2, 0.25) is 0 Å². The van der Waals surface area contributed by atoms with Crippen molar-refractivity contribution in [2.24, 2.45) is 0 Å². The number of carbonyl (C=O) groups is 3. The molecule has 5 nitrogen and oxygen atoms in total. The van der Waals surface area contributed by atoms with Gasteiger partial charge in [-0.1, -0.05) is 42.5 Å². The Morgan fingerprint density at radius 3 is 2.44 bits per heavy atom. The molecule has 0 heterocycles. The maximum Gasteiger partial charge on any atom is 0.306 e. The zero-order valence-electron chi connectivity index (χ0n) is 14.3. The summed E-state index contributed by atoms with van der Waals surface area (Å²) in [5.41, 5.74) is 2.03. The van der Waals surface area contributed by atoms with Gasteiger partial charge < -0.3 is 10.1 Å². The van der Waals surface area contributed by atoms with Crippen LogP contribution in [0.15, 0.2) is 54.6 Å². The highest BCUT2D eigenvalue weighted by atomic mass is 16.5. The summed E-state index contributed by atoms with van der Waals surface area (Å²) in [4.78, 5) is 35.4. The van der Waals surface area contributed by atoms with Crippen LogP contribution in [0.4, 0.5) is 5.69 Å². The van der Waals surface area contributed by atoms with Crippen LogP contribution in [0.1, 0.15) is 36.2 Å². The molecule has 2 rings (SSSR count). The normalized spacial score (nSPS) is 11.4. The van der Waals surface area contributed by atoms with Gasteiger partial charge >= 0.3 is 5.97 Å². The van der Waals surface area contributed by atoms with Crippen molar-refractivity contribution in [3.05, 3.63) is 65.7 Å². The number of rotatable bonds is 7. The number of ketones is 1. The minimum Gasteiger partial charge on any atom is -0.453 e.